The fourth-order valence-corrected chi connectivity index (χ4v) is 5.82. The Bertz CT molecular complexity index is 884. The lowest BCUT2D eigenvalue weighted by Crippen LogP contribution is -2.50. The predicted octanol–water partition coefficient (Wildman–Crippen LogP) is 5.38. The van der Waals surface area contributed by atoms with Gasteiger partial charge < -0.3 is 10.2 Å². The lowest BCUT2D eigenvalue weighted by molar-refractivity contribution is -0.125. The van der Waals surface area contributed by atoms with E-state index in [0.29, 0.717) is 18.0 Å². The van der Waals surface area contributed by atoms with E-state index in [0.717, 1.165) is 29.2 Å². The summed E-state index contributed by atoms with van der Waals surface area (Å²) in [4.78, 5) is 30.2. The van der Waals surface area contributed by atoms with Crippen molar-refractivity contribution in [2.24, 2.45) is 11.8 Å². The maximum atomic E-state index is 13.7. The number of rotatable bonds is 5. The maximum Gasteiger partial charge on any atom is 0.254 e. The standard InChI is InChI=1S/C25H32N2O2S/c1-16(2)15-27-23(21-9-6-14-30-21)22(19-7-4-5-8-20(19)25(27)29)24(28)26-18-12-10-17(3)11-13-18/h4-9,14,16-18,22-23H,10-13,15H2,1-3H3,(H,26,28)/t17?,18?,22-,23+/m0/s1. The van der Waals surface area contributed by atoms with Crippen molar-refractivity contribution in [1.29, 1.82) is 0 Å². The zero-order valence-corrected chi connectivity index (χ0v) is 19.0. The van der Waals surface area contributed by atoms with E-state index in [4.69, 9.17) is 0 Å². The number of nitrogens with one attached hydrogen (secondary N) is 1. The molecule has 1 fully saturated rings. The van der Waals surface area contributed by atoms with Gasteiger partial charge in [-0.3, -0.25) is 9.59 Å². The summed E-state index contributed by atoms with van der Waals surface area (Å²) < 4.78 is 0. The Morgan fingerprint density at radius 3 is 2.53 bits per heavy atom. The Kier molecular flexibility index (Phi) is 6.28. The molecule has 5 heteroatoms. The van der Waals surface area contributed by atoms with Crippen molar-refractivity contribution in [2.45, 2.75) is 64.5 Å². The van der Waals surface area contributed by atoms with Crippen molar-refractivity contribution in [1.82, 2.24) is 10.2 Å². The van der Waals surface area contributed by atoms with Crippen LogP contribution >= 0.6 is 11.3 Å². The van der Waals surface area contributed by atoms with E-state index in [2.05, 4.69) is 32.2 Å². The van der Waals surface area contributed by atoms with Crippen molar-refractivity contribution in [3.05, 3.63) is 57.8 Å². The summed E-state index contributed by atoms with van der Waals surface area (Å²) in [6.07, 6.45) is 4.41. The van der Waals surface area contributed by atoms with Gasteiger partial charge in [0.15, 0.2) is 0 Å². The van der Waals surface area contributed by atoms with E-state index in [1.165, 1.54) is 12.8 Å². The molecular formula is C25H32N2O2S. The zero-order chi connectivity index (χ0) is 21.3. The second-order valence-corrected chi connectivity index (χ2v) is 10.3. The van der Waals surface area contributed by atoms with Gasteiger partial charge in [-0.1, -0.05) is 45.0 Å². The summed E-state index contributed by atoms with van der Waals surface area (Å²) in [7, 11) is 0. The van der Waals surface area contributed by atoms with Crippen molar-refractivity contribution in [2.75, 3.05) is 6.54 Å². The Hall–Kier alpha value is -2.14. The smallest absolute Gasteiger partial charge is 0.254 e. The SMILES string of the molecule is CC(C)CN1C(=O)c2ccccc2[C@H](C(=O)NC2CCC(C)CC2)[C@H]1c1cccs1. The predicted molar refractivity (Wildman–Crippen MR) is 122 cm³/mol. The van der Waals surface area contributed by atoms with Gasteiger partial charge in [0, 0.05) is 23.0 Å². The summed E-state index contributed by atoms with van der Waals surface area (Å²) >= 11 is 1.63. The van der Waals surface area contributed by atoms with Gasteiger partial charge in [0.25, 0.3) is 5.91 Å². The van der Waals surface area contributed by atoms with Crippen LogP contribution in [0, 0.1) is 11.8 Å². The molecule has 0 spiro atoms. The van der Waals surface area contributed by atoms with Crippen LogP contribution in [-0.2, 0) is 4.79 Å². The molecule has 2 aliphatic rings. The quantitative estimate of drug-likeness (QED) is 0.700. The van der Waals surface area contributed by atoms with E-state index in [9.17, 15) is 9.59 Å². The highest BCUT2D eigenvalue weighted by Gasteiger charge is 2.45. The third-order valence-electron chi connectivity index (χ3n) is 6.48. The molecule has 4 nitrogen and oxygen atoms in total. The number of nitrogens with zero attached hydrogens (tertiary/aromatic N) is 1. The largest absolute Gasteiger partial charge is 0.353 e. The first kappa shape index (κ1) is 21.1. The van der Waals surface area contributed by atoms with Gasteiger partial charge in [-0.2, -0.15) is 0 Å². The van der Waals surface area contributed by atoms with Crippen LogP contribution in [0.5, 0.6) is 0 Å². The fourth-order valence-electron chi connectivity index (χ4n) is 4.94. The molecule has 0 unspecified atom stereocenters. The van der Waals surface area contributed by atoms with Crippen LogP contribution in [0.15, 0.2) is 41.8 Å². The van der Waals surface area contributed by atoms with Gasteiger partial charge in [-0.05, 0) is 60.6 Å². The van der Waals surface area contributed by atoms with E-state index in [1.807, 2.05) is 40.6 Å². The van der Waals surface area contributed by atoms with Crippen LogP contribution in [0.25, 0.3) is 0 Å². The summed E-state index contributed by atoms with van der Waals surface area (Å²) in [6.45, 7) is 7.17. The van der Waals surface area contributed by atoms with Crippen molar-refractivity contribution < 1.29 is 9.59 Å². The Morgan fingerprint density at radius 2 is 1.87 bits per heavy atom. The number of fused-ring (bicyclic) bond motifs is 1. The highest BCUT2D eigenvalue weighted by Crippen LogP contribution is 2.44. The minimum absolute atomic E-state index is 0.0354. The van der Waals surface area contributed by atoms with Crippen molar-refractivity contribution in [3.8, 4) is 0 Å². The molecule has 0 bridgehead atoms. The first-order valence-corrected chi connectivity index (χ1v) is 12.1. The number of hydrogen-bond donors (Lipinski definition) is 1. The monoisotopic (exact) mass is 424 g/mol. The summed E-state index contributed by atoms with van der Waals surface area (Å²) in [6, 6.07) is 11.7. The number of amides is 2. The highest BCUT2D eigenvalue weighted by atomic mass is 32.1. The summed E-state index contributed by atoms with van der Waals surface area (Å²) in [5.74, 6) is 0.780. The second kappa shape index (κ2) is 8.93. The topological polar surface area (TPSA) is 49.4 Å². The molecule has 0 saturated heterocycles. The average Bonchev–Trinajstić information content (AvgIpc) is 3.25. The van der Waals surface area contributed by atoms with E-state index < -0.39 is 0 Å². The minimum atomic E-state index is -0.379. The highest BCUT2D eigenvalue weighted by molar-refractivity contribution is 7.10. The van der Waals surface area contributed by atoms with Crippen LogP contribution in [0.1, 0.15) is 79.2 Å². The number of carbonyl (C=O) groups excluding carboxylic acids is 2. The normalized spacial score (nSPS) is 26.5. The van der Waals surface area contributed by atoms with Gasteiger partial charge in [-0.25, -0.2) is 0 Å². The van der Waals surface area contributed by atoms with Gasteiger partial charge in [-0.15, -0.1) is 11.3 Å². The summed E-state index contributed by atoms with van der Waals surface area (Å²) in [5, 5.41) is 5.39. The van der Waals surface area contributed by atoms with Crippen molar-refractivity contribution >= 4 is 23.2 Å². The van der Waals surface area contributed by atoms with Gasteiger partial charge in [0.1, 0.15) is 0 Å². The molecule has 2 aromatic rings. The zero-order valence-electron chi connectivity index (χ0n) is 18.1. The van der Waals surface area contributed by atoms with Crippen LogP contribution in [0.2, 0.25) is 0 Å². The molecule has 1 aliphatic heterocycles. The first-order valence-electron chi connectivity index (χ1n) is 11.2. The van der Waals surface area contributed by atoms with Crippen LogP contribution in [-0.4, -0.2) is 29.3 Å². The maximum absolute atomic E-state index is 13.7. The van der Waals surface area contributed by atoms with Gasteiger partial charge >= 0.3 is 0 Å². The molecule has 1 aromatic heterocycles. The molecular weight excluding hydrogens is 392 g/mol. The molecule has 1 aromatic carbocycles. The molecule has 1 aliphatic carbocycles. The van der Waals surface area contributed by atoms with E-state index in [-0.39, 0.29) is 29.8 Å². The molecule has 4 rings (SSSR count). The molecule has 1 N–H and O–H groups in total. The molecule has 2 atom stereocenters. The minimum Gasteiger partial charge on any atom is -0.353 e. The van der Waals surface area contributed by atoms with E-state index >= 15 is 0 Å². The lowest BCUT2D eigenvalue weighted by atomic mass is 9.80. The number of hydrogen-bond acceptors (Lipinski definition) is 3. The van der Waals surface area contributed by atoms with Crippen LogP contribution in [0.3, 0.4) is 0 Å². The molecule has 30 heavy (non-hydrogen) atoms. The molecule has 160 valence electrons. The number of thiophene rings is 1. The third-order valence-corrected chi connectivity index (χ3v) is 7.42. The summed E-state index contributed by atoms with van der Waals surface area (Å²) in [5.41, 5.74) is 1.53. The average molecular weight is 425 g/mol. The second-order valence-electron chi connectivity index (χ2n) is 9.34. The van der Waals surface area contributed by atoms with Crippen LogP contribution < -0.4 is 5.32 Å². The van der Waals surface area contributed by atoms with Gasteiger partial charge in [0.2, 0.25) is 5.91 Å². The molecule has 2 amide bonds. The third kappa shape index (κ3) is 4.18. The van der Waals surface area contributed by atoms with Crippen LogP contribution in [0.4, 0.5) is 0 Å². The van der Waals surface area contributed by atoms with Gasteiger partial charge in [0.05, 0.1) is 12.0 Å². The first-order chi connectivity index (χ1) is 14.5. The number of benzene rings is 1. The Morgan fingerprint density at radius 1 is 1.13 bits per heavy atom. The van der Waals surface area contributed by atoms with E-state index in [1.54, 1.807) is 11.3 Å². The number of carbonyl (C=O) groups is 2. The molecule has 2 heterocycles. The Balaban J connectivity index is 1.73. The fraction of sp³-hybridized carbons (Fsp3) is 0.520. The molecule has 1 saturated carbocycles. The Labute approximate surface area is 183 Å². The molecule has 0 radical (unpaired) electrons. The van der Waals surface area contributed by atoms with Crippen molar-refractivity contribution in [3.63, 3.8) is 0 Å². The lowest BCUT2D eigenvalue weighted by Gasteiger charge is -2.42.